The lowest BCUT2D eigenvalue weighted by atomic mass is 9.76. The first-order chi connectivity index (χ1) is 11.0. The van der Waals surface area contributed by atoms with Crippen LogP contribution in [0.1, 0.15) is 37.1 Å². The van der Waals surface area contributed by atoms with Crippen LogP contribution in [0.3, 0.4) is 0 Å². The van der Waals surface area contributed by atoms with Gasteiger partial charge in [0, 0.05) is 28.8 Å². The van der Waals surface area contributed by atoms with Crippen molar-refractivity contribution in [1.82, 2.24) is 19.9 Å². The molecular weight excluding hydrogens is 297 g/mol. The van der Waals surface area contributed by atoms with Gasteiger partial charge in [0.2, 0.25) is 0 Å². The summed E-state index contributed by atoms with van der Waals surface area (Å²) in [4.78, 5) is 4.60. The van der Waals surface area contributed by atoms with E-state index in [1.54, 1.807) is 4.52 Å². The average molecular weight is 317 g/mol. The van der Waals surface area contributed by atoms with Gasteiger partial charge in [-0.15, -0.1) is 0 Å². The Morgan fingerprint density at radius 1 is 1.39 bits per heavy atom. The standard InChI is InChI=1S/C16H20FN5O/c1-16(2-4-19-5-3-16)11-8-20-22-13-10(14(18)23)6-9(17)7-12(13)21-15(11)22/h6-8,14,19-20,23H,2-5,18H2,1H3. The van der Waals surface area contributed by atoms with E-state index in [2.05, 4.69) is 22.3 Å². The third-order valence-corrected chi connectivity index (χ3v) is 5.00. The van der Waals surface area contributed by atoms with E-state index in [1.165, 1.54) is 12.1 Å². The van der Waals surface area contributed by atoms with E-state index in [0.29, 0.717) is 16.6 Å². The molecule has 1 atom stereocenters. The molecule has 3 heterocycles. The summed E-state index contributed by atoms with van der Waals surface area (Å²) in [6, 6.07) is 2.63. The van der Waals surface area contributed by atoms with Crippen molar-refractivity contribution < 1.29 is 9.50 Å². The predicted octanol–water partition coefficient (Wildman–Crippen LogP) is 1.55. The lowest BCUT2D eigenvalue weighted by Crippen LogP contribution is -2.37. The summed E-state index contributed by atoms with van der Waals surface area (Å²) >= 11 is 0. The van der Waals surface area contributed by atoms with Crippen molar-refractivity contribution >= 4 is 16.7 Å². The molecule has 0 aliphatic carbocycles. The molecule has 0 bridgehead atoms. The number of fused-ring (bicyclic) bond motifs is 3. The maximum absolute atomic E-state index is 13.8. The molecule has 122 valence electrons. The summed E-state index contributed by atoms with van der Waals surface area (Å²) in [7, 11) is 0. The first-order valence-electron chi connectivity index (χ1n) is 7.83. The van der Waals surface area contributed by atoms with Crippen LogP contribution in [-0.2, 0) is 5.41 Å². The van der Waals surface area contributed by atoms with E-state index in [-0.39, 0.29) is 5.41 Å². The van der Waals surface area contributed by atoms with Crippen LogP contribution in [-0.4, -0.2) is 32.8 Å². The highest BCUT2D eigenvalue weighted by atomic mass is 19.1. The summed E-state index contributed by atoms with van der Waals surface area (Å²) in [5.74, 6) is -0.451. The number of aromatic nitrogens is 3. The summed E-state index contributed by atoms with van der Waals surface area (Å²) in [6.07, 6.45) is 2.74. The minimum absolute atomic E-state index is 0.0217. The molecule has 5 N–H and O–H groups in total. The Hall–Kier alpha value is -1.96. The van der Waals surface area contributed by atoms with Crippen molar-refractivity contribution in [2.45, 2.75) is 31.4 Å². The number of hydrogen-bond donors (Lipinski definition) is 4. The number of piperidine rings is 1. The number of imidazole rings is 1. The lowest BCUT2D eigenvalue weighted by Gasteiger charge is -2.33. The number of benzene rings is 1. The molecule has 1 aliphatic rings. The van der Waals surface area contributed by atoms with Crippen molar-refractivity contribution in [1.29, 1.82) is 0 Å². The Labute approximate surface area is 132 Å². The summed E-state index contributed by atoms with van der Waals surface area (Å²) in [6.45, 7) is 4.17. The zero-order valence-electron chi connectivity index (χ0n) is 12.9. The van der Waals surface area contributed by atoms with Crippen molar-refractivity contribution in [2.75, 3.05) is 13.1 Å². The second-order valence-corrected chi connectivity index (χ2v) is 6.58. The number of nitrogens with zero attached hydrogens (tertiary/aromatic N) is 2. The van der Waals surface area contributed by atoms with E-state index >= 15 is 0 Å². The Bertz CT molecular complexity index is 875. The molecule has 1 fully saturated rings. The molecule has 6 nitrogen and oxygen atoms in total. The Morgan fingerprint density at radius 3 is 2.83 bits per heavy atom. The van der Waals surface area contributed by atoms with E-state index in [1.807, 2.05) is 6.20 Å². The van der Waals surface area contributed by atoms with Crippen LogP contribution < -0.4 is 11.1 Å². The molecule has 0 spiro atoms. The zero-order valence-corrected chi connectivity index (χ0v) is 12.9. The van der Waals surface area contributed by atoms with E-state index in [4.69, 9.17) is 5.73 Å². The minimum Gasteiger partial charge on any atom is -0.374 e. The highest BCUT2D eigenvalue weighted by Gasteiger charge is 2.32. The number of aromatic amines is 1. The number of rotatable bonds is 2. The van der Waals surface area contributed by atoms with E-state index < -0.39 is 12.0 Å². The minimum atomic E-state index is -1.26. The van der Waals surface area contributed by atoms with Crippen LogP contribution in [0.4, 0.5) is 4.39 Å². The first-order valence-corrected chi connectivity index (χ1v) is 7.83. The Balaban J connectivity index is 1.98. The molecule has 3 aromatic rings. The maximum atomic E-state index is 13.8. The Kier molecular flexibility index (Phi) is 3.19. The van der Waals surface area contributed by atoms with Gasteiger partial charge in [0.15, 0.2) is 5.65 Å². The molecule has 0 saturated carbocycles. The van der Waals surface area contributed by atoms with Gasteiger partial charge in [0.25, 0.3) is 0 Å². The molecule has 2 aromatic heterocycles. The van der Waals surface area contributed by atoms with Gasteiger partial charge < -0.3 is 16.2 Å². The van der Waals surface area contributed by atoms with Crippen LogP contribution in [0, 0.1) is 5.82 Å². The number of nitrogens with one attached hydrogen (secondary N) is 2. The molecule has 7 heteroatoms. The first kappa shape index (κ1) is 14.6. The monoisotopic (exact) mass is 317 g/mol. The van der Waals surface area contributed by atoms with Gasteiger partial charge in [0.05, 0.1) is 11.0 Å². The van der Waals surface area contributed by atoms with Gasteiger partial charge in [0.1, 0.15) is 12.0 Å². The molecule has 0 radical (unpaired) electrons. The second kappa shape index (κ2) is 5.02. The van der Waals surface area contributed by atoms with E-state index in [9.17, 15) is 9.50 Å². The summed E-state index contributed by atoms with van der Waals surface area (Å²) in [5, 5.41) is 16.3. The molecule has 1 aromatic carbocycles. The third-order valence-electron chi connectivity index (χ3n) is 5.00. The molecule has 0 amide bonds. The van der Waals surface area contributed by atoms with Gasteiger partial charge in [-0.2, -0.15) is 0 Å². The van der Waals surface area contributed by atoms with Gasteiger partial charge in [-0.3, -0.25) is 5.10 Å². The van der Waals surface area contributed by atoms with Gasteiger partial charge in [-0.05, 0) is 32.0 Å². The summed E-state index contributed by atoms with van der Waals surface area (Å²) < 4.78 is 15.6. The van der Waals surface area contributed by atoms with Crippen LogP contribution in [0.5, 0.6) is 0 Å². The molecule has 1 saturated heterocycles. The van der Waals surface area contributed by atoms with Crippen LogP contribution in [0.2, 0.25) is 0 Å². The van der Waals surface area contributed by atoms with Crippen LogP contribution in [0.15, 0.2) is 18.3 Å². The molecule has 1 unspecified atom stereocenters. The van der Waals surface area contributed by atoms with Crippen molar-refractivity contribution in [3.05, 3.63) is 35.3 Å². The summed E-state index contributed by atoms with van der Waals surface area (Å²) in [5.41, 5.74) is 8.97. The normalized spacial score (nSPS) is 19.5. The molecule has 1 aliphatic heterocycles. The highest BCUT2D eigenvalue weighted by Crippen LogP contribution is 2.37. The smallest absolute Gasteiger partial charge is 0.157 e. The van der Waals surface area contributed by atoms with Gasteiger partial charge in [-0.25, -0.2) is 13.9 Å². The van der Waals surface area contributed by atoms with Gasteiger partial charge in [-0.1, -0.05) is 6.92 Å². The van der Waals surface area contributed by atoms with Gasteiger partial charge >= 0.3 is 0 Å². The van der Waals surface area contributed by atoms with E-state index in [0.717, 1.165) is 37.1 Å². The fourth-order valence-corrected chi connectivity index (χ4v) is 3.62. The predicted molar refractivity (Wildman–Crippen MR) is 85.6 cm³/mol. The molecular formula is C16H20FN5O. The topological polar surface area (TPSA) is 91.4 Å². The second-order valence-electron chi connectivity index (χ2n) is 6.58. The number of H-pyrrole nitrogens is 1. The average Bonchev–Trinajstić information content (AvgIpc) is 3.05. The zero-order chi connectivity index (χ0) is 16.2. The maximum Gasteiger partial charge on any atom is 0.157 e. The number of nitrogens with two attached hydrogens (primary N) is 1. The fraction of sp³-hybridized carbons (Fsp3) is 0.438. The van der Waals surface area contributed by atoms with Crippen molar-refractivity contribution in [3.8, 4) is 0 Å². The van der Waals surface area contributed by atoms with Crippen molar-refractivity contribution in [2.24, 2.45) is 5.73 Å². The number of aliphatic hydroxyl groups excluding tert-OH is 1. The quantitative estimate of drug-likeness (QED) is 0.540. The molecule has 4 rings (SSSR count). The Morgan fingerprint density at radius 2 is 2.13 bits per heavy atom. The highest BCUT2D eigenvalue weighted by molar-refractivity contribution is 5.84. The fourth-order valence-electron chi connectivity index (χ4n) is 3.62. The lowest BCUT2D eigenvalue weighted by molar-refractivity contribution is 0.187. The van der Waals surface area contributed by atoms with Crippen LogP contribution >= 0.6 is 0 Å². The number of halogens is 1. The number of aliphatic hydroxyl groups is 1. The largest absolute Gasteiger partial charge is 0.374 e. The van der Waals surface area contributed by atoms with Crippen LogP contribution in [0.25, 0.3) is 16.7 Å². The molecule has 23 heavy (non-hydrogen) atoms. The van der Waals surface area contributed by atoms with Crippen molar-refractivity contribution in [3.63, 3.8) is 0 Å². The third kappa shape index (κ3) is 2.15. The SMILES string of the molecule is CC1(c2c[nH]n3c2nc2cc(F)cc(C(N)O)c23)CCNCC1. The number of hydrogen-bond acceptors (Lipinski definition) is 4.